The maximum absolute atomic E-state index is 5.33. The summed E-state index contributed by atoms with van der Waals surface area (Å²) in [6, 6.07) is 8.26. The van der Waals surface area contributed by atoms with E-state index in [2.05, 4.69) is 35.9 Å². The summed E-state index contributed by atoms with van der Waals surface area (Å²) in [4.78, 5) is 2.23. The molecule has 1 aromatic carbocycles. The second-order valence-corrected chi connectivity index (χ2v) is 3.93. The molecular formula is C14H20N2O. The molecule has 0 spiro atoms. The molecule has 0 fully saturated rings. The fourth-order valence-electron chi connectivity index (χ4n) is 1.48. The molecule has 1 rings (SSSR count). The molecule has 92 valence electrons. The largest absolute Gasteiger partial charge is 0.383 e. The minimum Gasteiger partial charge on any atom is -0.383 e. The van der Waals surface area contributed by atoms with E-state index in [0.29, 0.717) is 6.54 Å². The van der Waals surface area contributed by atoms with E-state index < -0.39 is 0 Å². The van der Waals surface area contributed by atoms with Crippen LogP contribution in [0.3, 0.4) is 0 Å². The lowest BCUT2D eigenvalue weighted by atomic mass is 10.1. The van der Waals surface area contributed by atoms with Crippen LogP contribution in [0, 0.1) is 11.8 Å². The van der Waals surface area contributed by atoms with Crippen molar-refractivity contribution in [2.24, 2.45) is 5.73 Å². The predicted molar refractivity (Wildman–Crippen MR) is 70.6 cm³/mol. The van der Waals surface area contributed by atoms with Gasteiger partial charge in [-0.15, -0.1) is 0 Å². The van der Waals surface area contributed by atoms with Crippen LogP contribution in [0.2, 0.25) is 0 Å². The van der Waals surface area contributed by atoms with Gasteiger partial charge in [-0.25, -0.2) is 0 Å². The highest BCUT2D eigenvalue weighted by atomic mass is 16.5. The van der Waals surface area contributed by atoms with Crippen LogP contribution in [0.15, 0.2) is 24.3 Å². The summed E-state index contributed by atoms with van der Waals surface area (Å²) in [6.07, 6.45) is 0. The third-order valence-electron chi connectivity index (χ3n) is 2.42. The summed E-state index contributed by atoms with van der Waals surface area (Å²) < 4.78 is 5.04. The van der Waals surface area contributed by atoms with Crippen molar-refractivity contribution in [3.05, 3.63) is 35.4 Å². The predicted octanol–water partition coefficient (Wildman–Crippen LogP) is 1.08. The van der Waals surface area contributed by atoms with Gasteiger partial charge in [0.2, 0.25) is 0 Å². The van der Waals surface area contributed by atoms with Crippen LogP contribution in [0.5, 0.6) is 0 Å². The number of benzene rings is 1. The van der Waals surface area contributed by atoms with Crippen LogP contribution in [0.25, 0.3) is 0 Å². The minimum atomic E-state index is 0.404. The minimum absolute atomic E-state index is 0.404. The number of nitrogens with zero attached hydrogens (tertiary/aromatic N) is 1. The number of likely N-dealkylation sites (N-methyl/N-ethyl adjacent to an activating group) is 1. The third kappa shape index (κ3) is 5.50. The lowest BCUT2D eigenvalue weighted by Gasteiger charge is -2.15. The molecule has 0 aromatic heterocycles. The lowest BCUT2D eigenvalue weighted by molar-refractivity contribution is 0.158. The van der Waals surface area contributed by atoms with Gasteiger partial charge in [0, 0.05) is 25.8 Å². The van der Waals surface area contributed by atoms with Crippen molar-refractivity contribution in [1.82, 2.24) is 4.90 Å². The Bertz CT molecular complexity index is 375. The SMILES string of the molecule is COCCN(C)Cc1ccc(C#CCN)cc1. The Labute approximate surface area is 104 Å². The number of ether oxygens (including phenoxy) is 1. The molecule has 0 aliphatic carbocycles. The zero-order chi connectivity index (χ0) is 12.5. The molecule has 0 unspecified atom stereocenters. The topological polar surface area (TPSA) is 38.5 Å². The summed E-state index contributed by atoms with van der Waals surface area (Å²) in [7, 11) is 3.81. The first-order valence-corrected chi connectivity index (χ1v) is 5.71. The van der Waals surface area contributed by atoms with Gasteiger partial charge in [0.15, 0.2) is 0 Å². The van der Waals surface area contributed by atoms with Crippen molar-refractivity contribution < 1.29 is 4.74 Å². The van der Waals surface area contributed by atoms with Crippen LogP contribution in [0.4, 0.5) is 0 Å². The molecule has 0 aliphatic rings. The van der Waals surface area contributed by atoms with Crippen molar-refractivity contribution in [2.75, 3.05) is 33.9 Å². The van der Waals surface area contributed by atoms with E-state index in [1.54, 1.807) is 7.11 Å². The van der Waals surface area contributed by atoms with Crippen LogP contribution in [-0.2, 0) is 11.3 Å². The fourth-order valence-corrected chi connectivity index (χ4v) is 1.48. The van der Waals surface area contributed by atoms with E-state index in [4.69, 9.17) is 10.5 Å². The van der Waals surface area contributed by atoms with Crippen LogP contribution in [0.1, 0.15) is 11.1 Å². The molecule has 3 nitrogen and oxygen atoms in total. The Morgan fingerprint density at radius 3 is 2.59 bits per heavy atom. The fraction of sp³-hybridized carbons (Fsp3) is 0.429. The van der Waals surface area contributed by atoms with Gasteiger partial charge in [-0.05, 0) is 24.7 Å². The monoisotopic (exact) mass is 232 g/mol. The standard InChI is InChI=1S/C14H20N2O/c1-16(10-11-17-2)12-14-7-5-13(6-8-14)4-3-9-15/h5-8H,9-12,15H2,1-2H3. The summed E-state index contributed by atoms with van der Waals surface area (Å²) in [5.41, 5.74) is 7.62. The van der Waals surface area contributed by atoms with E-state index in [-0.39, 0.29) is 0 Å². The van der Waals surface area contributed by atoms with Crippen molar-refractivity contribution in [1.29, 1.82) is 0 Å². The molecule has 0 aliphatic heterocycles. The second-order valence-electron chi connectivity index (χ2n) is 3.93. The smallest absolute Gasteiger partial charge is 0.0589 e. The van der Waals surface area contributed by atoms with Crippen molar-refractivity contribution in [2.45, 2.75) is 6.54 Å². The van der Waals surface area contributed by atoms with E-state index in [0.717, 1.165) is 25.3 Å². The van der Waals surface area contributed by atoms with Crippen LogP contribution >= 0.6 is 0 Å². The van der Waals surface area contributed by atoms with E-state index in [1.807, 2.05) is 12.1 Å². The number of hydrogen-bond acceptors (Lipinski definition) is 3. The average molecular weight is 232 g/mol. The molecule has 2 N–H and O–H groups in total. The second kappa shape index (κ2) is 7.86. The van der Waals surface area contributed by atoms with Crippen LogP contribution < -0.4 is 5.73 Å². The van der Waals surface area contributed by atoms with Crippen molar-refractivity contribution in [3.63, 3.8) is 0 Å². The summed E-state index contributed by atoms with van der Waals surface area (Å²) >= 11 is 0. The number of hydrogen-bond donors (Lipinski definition) is 1. The first-order chi connectivity index (χ1) is 8.26. The third-order valence-corrected chi connectivity index (χ3v) is 2.42. The summed E-state index contributed by atoms with van der Waals surface area (Å²) in [5.74, 6) is 5.85. The molecule has 17 heavy (non-hydrogen) atoms. The normalized spacial score (nSPS) is 10.1. The Hall–Kier alpha value is -1.34. The highest BCUT2D eigenvalue weighted by molar-refractivity contribution is 5.36. The molecule has 0 amide bonds. The molecule has 0 atom stereocenters. The number of methoxy groups -OCH3 is 1. The first-order valence-electron chi connectivity index (χ1n) is 5.71. The van der Waals surface area contributed by atoms with Crippen molar-refractivity contribution in [3.8, 4) is 11.8 Å². The quantitative estimate of drug-likeness (QED) is 0.772. The zero-order valence-electron chi connectivity index (χ0n) is 10.6. The van der Waals surface area contributed by atoms with E-state index in [9.17, 15) is 0 Å². The van der Waals surface area contributed by atoms with Gasteiger partial charge in [-0.3, -0.25) is 4.90 Å². The molecule has 1 aromatic rings. The van der Waals surface area contributed by atoms with E-state index in [1.165, 1.54) is 5.56 Å². The molecule has 0 bridgehead atoms. The van der Waals surface area contributed by atoms with Gasteiger partial charge in [-0.2, -0.15) is 0 Å². The number of rotatable bonds is 5. The van der Waals surface area contributed by atoms with Gasteiger partial charge in [-0.1, -0.05) is 24.0 Å². The first kappa shape index (κ1) is 13.7. The maximum Gasteiger partial charge on any atom is 0.0589 e. The number of nitrogens with two attached hydrogens (primary N) is 1. The Morgan fingerprint density at radius 1 is 1.29 bits per heavy atom. The molecule has 0 radical (unpaired) electrons. The highest BCUT2D eigenvalue weighted by Gasteiger charge is 1.99. The molecule has 0 saturated carbocycles. The Balaban J connectivity index is 2.50. The summed E-state index contributed by atoms with van der Waals surface area (Å²) in [5, 5.41) is 0. The maximum atomic E-state index is 5.33. The molecular weight excluding hydrogens is 212 g/mol. The molecule has 0 saturated heterocycles. The molecule has 3 heteroatoms. The highest BCUT2D eigenvalue weighted by Crippen LogP contribution is 2.05. The van der Waals surface area contributed by atoms with Crippen molar-refractivity contribution >= 4 is 0 Å². The molecule has 0 heterocycles. The van der Waals surface area contributed by atoms with Gasteiger partial charge in [0.1, 0.15) is 0 Å². The van der Waals surface area contributed by atoms with Gasteiger partial charge >= 0.3 is 0 Å². The van der Waals surface area contributed by atoms with Gasteiger partial charge in [0.25, 0.3) is 0 Å². The summed E-state index contributed by atoms with van der Waals surface area (Å²) in [6.45, 7) is 3.03. The zero-order valence-corrected chi connectivity index (χ0v) is 10.6. The average Bonchev–Trinajstić information content (AvgIpc) is 2.35. The van der Waals surface area contributed by atoms with Gasteiger partial charge < -0.3 is 10.5 Å². The van der Waals surface area contributed by atoms with Crippen LogP contribution in [-0.4, -0.2) is 38.8 Å². The van der Waals surface area contributed by atoms with Gasteiger partial charge in [0.05, 0.1) is 13.2 Å². The lowest BCUT2D eigenvalue weighted by Crippen LogP contribution is -2.22. The Morgan fingerprint density at radius 2 is 2.00 bits per heavy atom. The van der Waals surface area contributed by atoms with E-state index >= 15 is 0 Å². The Kier molecular flexibility index (Phi) is 6.34.